The molecule has 0 aromatic carbocycles. The van der Waals surface area contributed by atoms with E-state index in [-0.39, 0.29) is 35.7 Å². The van der Waals surface area contributed by atoms with Crippen LogP contribution in [-0.2, 0) is 10.1 Å². The normalized spacial score (nSPS) is 14.0. The summed E-state index contributed by atoms with van der Waals surface area (Å²) in [6.07, 6.45) is 15.0. The van der Waals surface area contributed by atoms with Crippen LogP contribution in [0.1, 0.15) is 117 Å². The molecule has 1 N–H and O–H groups in total. The number of aliphatic hydroxyl groups is 1. The molecule has 0 saturated carbocycles. The molecular weight excluding hydrogens is 359 g/mol. The zero-order valence-electron chi connectivity index (χ0n) is 17.5. The third kappa shape index (κ3) is 18.2. The van der Waals surface area contributed by atoms with Crippen LogP contribution >= 0.6 is 0 Å². The van der Waals surface area contributed by atoms with Crippen molar-refractivity contribution in [1.82, 2.24) is 0 Å². The Labute approximate surface area is 185 Å². The van der Waals surface area contributed by atoms with Crippen LogP contribution in [-0.4, -0.2) is 29.4 Å². The van der Waals surface area contributed by atoms with Crippen LogP contribution in [0.5, 0.6) is 0 Å². The van der Waals surface area contributed by atoms with E-state index < -0.39 is 15.4 Å². The van der Waals surface area contributed by atoms with Gasteiger partial charge in [-0.15, -0.1) is 0 Å². The van der Waals surface area contributed by atoms with Crippen LogP contribution in [0.2, 0.25) is 0 Å². The van der Waals surface area contributed by atoms with Crippen LogP contribution in [0.4, 0.5) is 0 Å². The first-order chi connectivity index (χ1) is 11.9. The molecule has 0 radical (unpaired) electrons. The first-order valence-electron chi connectivity index (χ1n) is 10.5. The number of aliphatic hydroxyl groups excluding tert-OH is 1. The summed E-state index contributed by atoms with van der Waals surface area (Å²) in [6, 6.07) is 0. The molecule has 6 heteroatoms. The van der Waals surface area contributed by atoms with Crippen molar-refractivity contribution in [3.63, 3.8) is 0 Å². The Hall–Kier alpha value is 0.870. The molecule has 0 aliphatic rings. The summed E-state index contributed by atoms with van der Waals surface area (Å²) in [5.41, 5.74) is 0. The van der Waals surface area contributed by atoms with Gasteiger partial charge in [-0.3, -0.25) is 0 Å². The second-order valence-electron chi connectivity index (χ2n) is 7.46. The second-order valence-corrected chi connectivity index (χ2v) is 9.11. The maximum Gasteiger partial charge on any atom is 1.00 e. The summed E-state index contributed by atoms with van der Waals surface area (Å²) >= 11 is 0. The van der Waals surface area contributed by atoms with Crippen molar-refractivity contribution in [2.45, 2.75) is 128 Å². The van der Waals surface area contributed by atoms with E-state index in [2.05, 4.69) is 13.8 Å². The third-order valence-corrected chi connectivity index (χ3v) is 6.28. The average molecular weight is 401 g/mol. The van der Waals surface area contributed by atoms with E-state index in [1.807, 2.05) is 0 Å². The summed E-state index contributed by atoms with van der Waals surface area (Å²) in [5.74, 6) is 0. The molecule has 4 nitrogen and oxygen atoms in total. The predicted molar refractivity (Wildman–Crippen MR) is 105 cm³/mol. The van der Waals surface area contributed by atoms with Gasteiger partial charge in [-0.1, -0.05) is 90.9 Å². The van der Waals surface area contributed by atoms with Gasteiger partial charge in [0.2, 0.25) is 0 Å². The molecule has 0 spiro atoms. The van der Waals surface area contributed by atoms with Crippen LogP contribution < -0.4 is 29.6 Å². The van der Waals surface area contributed by atoms with Gasteiger partial charge in [0.15, 0.2) is 0 Å². The zero-order valence-corrected chi connectivity index (χ0v) is 20.4. The van der Waals surface area contributed by atoms with Gasteiger partial charge in [-0.25, -0.2) is 8.42 Å². The molecule has 0 fully saturated rings. The van der Waals surface area contributed by atoms with E-state index in [1.165, 1.54) is 25.7 Å². The van der Waals surface area contributed by atoms with Crippen LogP contribution in [0.15, 0.2) is 0 Å². The molecule has 0 aromatic rings. The quantitative estimate of drug-likeness (QED) is 0.218. The third-order valence-electron chi connectivity index (χ3n) is 4.99. The molecule has 0 aliphatic heterocycles. The molecule has 0 amide bonds. The predicted octanol–water partition coefficient (Wildman–Crippen LogP) is 2.55. The molecule has 0 bridgehead atoms. The van der Waals surface area contributed by atoms with E-state index in [1.54, 1.807) is 0 Å². The fourth-order valence-corrected chi connectivity index (χ4v) is 4.20. The smallest absolute Gasteiger partial charge is 0.748 e. The Morgan fingerprint density at radius 3 is 1.54 bits per heavy atom. The Balaban J connectivity index is 0. The summed E-state index contributed by atoms with van der Waals surface area (Å²) in [4.78, 5) is 0. The van der Waals surface area contributed by atoms with Crippen molar-refractivity contribution < 1.29 is 47.6 Å². The van der Waals surface area contributed by atoms with Crippen molar-refractivity contribution in [3.8, 4) is 0 Å². The van der Waals surface area contributed by atoms with Gasteiger partial charge < -0.3 is 9.66 Å². The first-order valence-corrected chi connectivity index (χ1v) is 12.0. The summed E-state index contributed by atoms with van der Waals surface area (Å²) in [5, 5.41) is 9.16. The molecule has 0 rings (SSSR count). The zero-order chi connectivity index (χ0) is 19.0. The molecule has 0 aliphatic carbocycles. The monoisotopic (exact) mass is 400 g/mol. The Morgan fingerprint density at radius 1 is 0.692 bits per heavy atom. The van der Waals surface area contributed by atoms with Gasteiger partial charge in [-0.05, 0) is 25.7 Å². The minimum absolute atomic E-state index is 0. The molecular formula is C20H41NaO4S. The Morgan fingerprint density at radius 2 is 1.04 bits per heavy atom. The van der Waals surface area contributed by atoms with Gasteiger partial charge in [0.25, 0.3) is 0 Å². The summed E-state index contributed by atoms with van der Waals surface area (Å²) < 4.78 is 34.3. The average Bonchev–Trinajstić information content (AvgIpc) is 2.55. The van der Waals surface area contributed by atoms with E-state index >= 15 is 0 Å². The van der Waals surface area contributed by atoms with Crippen molar-refractivity contribution in [1.29, 1.82) is 0 Å². The summed E-state index contributed by atoms with van der Waals surface area (Å²) in [7, 11) is -4.18. The Bertz CT molecular complexity index is 387. The Kier molecular flexibility index (Phi) is 21.5. The van der Waals surface area contributed by atoms with Crippen LogP contribution in [0.3, 0.4) is 0 Å². The first kappa shape index (κ1) is 29.1. The minimum Gasteiger partial charge on any atom is -0.748 e. The van der Waals surface area contributed by atoms with Crippen LogP contribution in [0.25, 0.3) is 0 Å². The van der Waals surface area contributed by atoms with E-state index in [4.69, 9.17) is 0 Å². The van der Waals surface area contributed by atoms with Crippen molar-refractivity contribution >= 4 is 10.1 Å². The van der Waals surface area contributed by atoms with E-state index in [0.29, 0.717) is 12.8 Å². The molecule has 0 aromatic heterocycles. The van der Waals surface area contributed by atoms with Crippen molar-refractivity contribution in [3.05, 3.63) is 0 Å². The van der Waals surface area contributed by atoms with Gasteiger partial charge in [0.1, 0.15) is 0 Å². The number of unbranched alkanes of at least 4 members (excludes halogenated alkanes) is 9. The topological polar surface area (TPSA) is 77.4 Å². The largest absolute Gasteiger partial charge is 1.00 e. The molecule has 0 saturated heterocycles. The van der Waals surface area contributed by atoms with Crippen LogP contribution in [0, 0.1) is 0 Å². The number of rotatable bonds is 18. The molecule has 0 heterocycles. The van der Waals surface area contributed by atoms with Crippen molar-refractivity contribution in [2.75, 3.05) is 0 Å². The van der Waals surface area contributed by atoms with E-state index in [9.17, 15) is 18.1 Å². The molecule has 152 valence electrons. The fraction of sp³-hybridized carbons (Fsp3) is 1.00. The summed E-state index contributed by atoms with van der Waals surface area (Å²) in [6.45, 7) is 4.32. The molecule has 26 heavy (non-hydrogen) atoms. The number of hydrogen-bond donors (Lipinski definition) is 1. The van der Waals surface area contributed by atoms with Gasteiger partial charge >= 0.3 is 29.6 Å². The van der Waals surface area contributed by atoms with Gasteiger partial charge in [-0.2, -0.15) is 0 Å². The maximum atomic E-state index is 11.4. The second kappa shape index (κ2) is 19.2. The molecule has 2 unspecified atom stereocenters. The molecule has 2 atom stereocenters. The fourth-order valence-electron chi connectivity index (χ4n) is 3.29. The SMILES string of the molecule is CCCCCCCCC(CCCCCC(O)CCCCC)S(=O)(=O)[O-].[Na+]. The minimum atomic E-state index is -4.18. The van der Waals surface area contributed by atoms with Gasteiger partial charge in [0.05, 0.1) is 16.2 Å². The van der Waals surface area contributed by atoms with E-state index in [0.717, 1.165) is 64.2 Å². The van der Waals surface area contributed by atoms with Gasteiger partial charge in [0, 0.05) is 5.25 Å². The maximum absolute atomic E-state index is 11.4. The standard InChI is InChI=1S/C20H42O4S.Na/c1-3-5-7-8-9-13-17-20(25(22,23)24)18-14-10-12-16-19(21)15-11-6-4-2;/h19-21H,3-18H2,1-2H3,(H,22,23,24);/q;+1/p-1. The van der Waals surface area contributed by atoms with Crippen molar-refractivity contribution in [2.24, 2.45) is 0 Å². The number of hydrogen-bond acceptors (Lipinski definition) is 4.